The van der Waals surface area contributed by atoms with Gasteiger partial charge < -0.3 is 0 Å². The fraction of sp³-hybridized carbons (Fsp3) is 1.00. The van der Waals surface area contributed by atoms with Crippen molar-refractivity contribution in [2.75, 3.05) is 14.2 Å². The lowest BCUT2D eigenvalue weighted by Gasteiger charge is -2.02. The first-order valence-corrected chi connectivity index (χ1v) is 3.33. The van der Waals surface area contributed by atoms with Gasteiger partial charge in [0.2, 0.25) is 0 Å². The van der Waals surface area contributed by atoms with Crippen molar-refractivity contribution in [1.29, 1.82) is 0 Å². The van der Waals surface area contributed by atoms with Gasteiger partial charge in [0.1, 0.15) is 0 Å². The van der Waals surface area contributed by atoms with Crippen LogP contribution in [0.15, 0.2) is 0 Å². The molecule has 0 heterocycles. The van der Waals surface area contributed by atoms with Crippen LogP contribution in [-0.4, -0.2) is 23.9 Å². The number of nitrogens with one attached hydrogen (secondary N) is 1. The third-order valence-electron chi connectivity index (χ3n) is 0.546. The van der Waals surface area contributed by atoms with Crippen molar-refractivity contribution in [2.24, 2.45) is 0 Å². The minimum absolute atomic E-state index is 1.23. The Morgan fingerprint density at radius 1 is 1.57 bits per heavy atom. The molecular weight excluding hydrogens is 117 g/mol. The predicted molar refractivity (Wildman–Crippen MR) is 27.4 cm³/mol. The summed E-state index contributed by atoms with van der Waals surface area (Å²) in [4.78, 5) is 16.9. The zero-order chi connectivity index (χ0) is 5.91. The topological polar surface area (TPSA) is 61.7 Å². The quantitative estimate of drug-likeness (QED) is 0.437. The first-order chi connectivity index (χ1) is 3.12. The molecule has 0 saturated carbocycles. The molecule has 0 unspecified atom stereocenters. The number of hydrogen-bond acceptors (Lipinski definition) is 4. The summed E-state index contributed by atoms with van der Waals surface area (Å²) in [6, 6.07) is 0. The average molecular weight is 126 g/mol. The van der Waals surface area contributed by atoms with Gasteiger partial charge in [-0.25, -0.2) is 0 Å². The molecule has 3 N–H and O–H groups in total. The molecule has 0 aromatic heterocycles. The molecule has 4 nitrogen and oxygen atoms in total. The summed E-state index contributed by atoms with van der Waals surface area (Å²) in [5.74, 6) is 0. The molecule has 0 aliphatic rings. The molecule has 0 atom stereocenters. The lowest BCUT2D eigenvalue weighted by molar-refractivity contribution is 0.268. The summed E-state index contributed by atoms with van der Waals surface area (Å²) in [6.45, 7) is 0. The number of hydrogen-bond donors (Lipinski definition) is 3. The van der Waals surface area contributed by atoms with Crippen LogP contribution in [-0.2, 0) is 4.52 Å². The molecule has 0 spiro atoms. The Morgan fingerprint density at radius 3 is 2.00 bits per heavy atom. The van der Waals surface area contributed by atoms with Crippen LogP contribution in [0, 0.1) is 0 Å². The summed E-state index contributed by atoms with van der Waals surface area (Å²) in [5, 5.41) is 2.19. The van der Waals surface area contributed by atoms with E-state index < -0.39 is 8.09 Å². The molecule has 0 aromatic rings. The van der Waals surface area contributed by atoms with Crippen molar-refractivity contribution in [2.45, 2.75) is 0 Å². The van der Waals surface area contributed by atoms with E-state index in [1.807, 2.05) is 0 Å². The summed E-state index contributed by atoms with van der Waals surface area (Å²) in [7, 11) is -0.514. The lowest BCUT2D eigenvalue weighted by atomic mass is 11.6. The molecule has 0 saturated heterocycles. The first kappa shape index (κ1) is 7.27. The van der Waals surface area contributed by atoms with E-state index in [1.165, 1.54) is 14.2 Å². The van der Waals surface area contributed by atoms with Gasteiger partial charge in [-0.05, 0) is 0 Å². The molecule has 0 amide bonds. The molecular formula is C2H9NO3P+. The van der Waals surface area contributed by atoms with Crippen LogP contribution in [0.5, 0.6) is 0 Å². The van der Waals surface area contributed by atoms with Crippen LogP contribution in [0.25, 0.3) is 0 Å². The second-order valence-electron chi connectivity index (χ2n) is 0.950. The van der Waals surface area contributed by atoms with E-state index in [4.69, 9.17) is 9.79 Å². The predicted octanol–water partition coefficient (Wildman–Crippen LogP) is -0.486. The maximum atomic E-state index is 8.47. The largest absolute Gasteiger partial charge is 0.495 e. The lowest BCUT2D eigenvalue weighted by Crippen LogP contribution is -2.09. The highest BCUT2D eigenvalue weighted by Crippen LogP contribution is 2.43. The Balaban J connectivity index is 3.36. The van der Waals surface area contributed by atoms with Crippen LogP contribution in [0.1, 0.15) is 0 Å². The molecule has 0 rings (SSSR count). The van der Waals surface area contributed by atoms with E-state index >= 15 is 0 Å². The van der Waals surface area contributed by atoms with Crippen molar-refractivity contribution < 1.29 is 14.3 Å². The maximum Gasteiger partial charge on any atom is 0.495 e. The van der Waals surface area contributed by atoms with Crippen LogP contribution < -0.4 is 5.09 Å². The molecule has 0 aromatic carbocycles. The molecule has 0 radical (unpaired) electrons. The SMILES string of the molecule is CN[P+](O)(O)OC. The third kappa shape index (κ3) is 2.91. The smallest absolute Gasteiger partial charge is 0.178 e. The van der Waals surface area contributed by atoms with Crippen molar-refractivity contribution in [3.05, 3.63) is 0 Å². The van der Waals surface area contributed by atoms with Gasteiger partial charge >= 0.3 is 8.09 Å². The minimum Gasteiger partial charge on any atom is -0.178 e. The average Bonchev–Trinajstić information content (AvgIpc) is 1.68. The molecule has 0 fully saturated rings. The Hall–Kier alpha value is 0.270. The van der Waals surface area contributed by atoms with Gasteiger partial charge in [0.15, 0.2) is 0 Å². The van der Waals surface area contributed by atoms with Gasteiger partial charge in [-0.15, -0.1) is 5.09 Å². The van der Waals surface area contributed by atoms with Crippen LogP contribution in [0.4, 0.5) is 0 Å². The van der Waals surface area contributed by atoms with Gasteiger partial charge in [0, 0.05) is 7.05 Å². The monoisotopic (exact) mass is 126 g/mol. The standard InChI is InChI=1S/C2H9NO3P/c1-3-7(4,5)6-2/h3-5H,1-2H3/q+1. The fourth-order valence-corrected chi connectivity index (χ4v) is 0.274. The van der Waals surface area contributed by atoms with E-state index in [2.05, 4.69) is 9.61 Å². The van der Waals surface area contributed by atoms with Crippen molar-refractivity contribution in [1.82, 2.24) is 5.09 Å². The number of rotatable bonds is 2. The van der Waals surface area contributed by atoms with Gasteiger partial charge in [-0.2, -0.15) is 14.3 Å². The van der Waals surface area contributed by atoms with Crippen LogP contribution in [0.2, 0.25) is 0 Å². The third-order valence-corrected chi connectivity index (χ3v) is 1.64. The first-order valence-electron chi connectivity index (χ1n) is 1.71. The van der Waals surface area contributed by atoms with Gasteiger partial charge in [-0.1, -0.05) is 0 Å². The summed E-state index contributed by atoms with van der Waals surface area (Å²) in [5.41, 5.74) is 0. The van der Waals surface area contributed by atoms with Crippen molar-refractivity contribution in [3.8, 4) is 0 Å². The highest BCUT2D eigenvalue weighted by molar-refractivity contribution is 7.57. The van der Waals surface area contributed by atoms with Crippen molar-refractivity contribution >= 4 is 8.09 Å². The Kier molecular flexibility index (Phi) is 2.64. The van der Waals surface area contributed by atoms with Gasteiger partial charge in [0.05, 0.1) is 7.11 Å². The van der Waals surface area contributed by atoms with Gasteiger partial charge in [0.25, 0.3) is 0 Å². The zero-order valence-corrected chi connectivity index (χ0v) is 5.14. The minimum atomic E-state index is -3.15. The molecule has 0 aliphatic heterocycles. The Labute approximate surface area is 42.8 Å². The molecule has 7 heavy (non-hydrogen) atoms. The summed E-state index contributed by atoms with van der Waals surface area (Å²) in [6.07, 6.45) is 0. The molecule has 44 valence electrons. The van der Waals surface area contributed by atoms with Gasteiger partial charge in [-0.3, -0.25) is 0 Å². The van der Waals surface area contributed by atoms with Crippen molar-refractivity contribution in [3.63, 3.8) is 0 Å². The highest BCUT2D eigenvalue weighted by Gasteiger charge is 2.30. The Morgan fingerprint density at radius 2 is 2.00 bits per heavy atom. The van der Waals surface area contributed by atoms with E-state index in [9.17, 15) is 0 Å². The second kappa shape index (κ2) is 2.55. The second-order valence-corrected chi connectivity index (χ2v) is 2.85. The molecule has 0 aliphatic carbocycles. The fourth-order valence-electron chi connectivity index (χ4n) is 0.0913. The van der Waals surface area contributed by atoms with Crippen LogP contribution >= 0.6 is 8.09 Å². The Bertz CT molecular complexity index is 50.9. The van der Waals surface area contributed by atoms with E-state index in [0.29, 0.717) is 0 Å². The van der Waals surface area contributed by atoms with E-state index in [0.717, 1.165) is 0 Å². The maximum absolute atomic E-state index is 8.47. The summed E-state index contributed by atoms with van der Waals surface area (Å²) < 4.78 is 4.20. The van der Waals surface area contributed by atoms with E-state index in [1.54, 1.807) is 0 Å². The molecule has 5 heteroatoms. The van der Waals surface area contributed by atoms with E-state index in [-0.39, 0.29) is 0 Å². The molecule has 0 bridgehead atoms. The van der Waals surface area contributed by atoms with Crippen LogP contribution in [0.3, 0.4) is 0 Å². The normalized spacial score (nSPS) is 12.0. The zero-order valence-electron chi connectivity index (χ0n) is 4.25. The summed E-state index contributed by atoms with van der Waals surface area (Å²) >= 11 is 0. The highest BCUT2D eigenvalue weighted by atomic mass is 31.2.